The zero-order chi connectivity index (χ0) is 12.3. The van der Waals surface area contributed by atoms with Crippen molar-refractivity contribution in [2.75, 3.05) is 19.6 Å². The molecule has 0 spiro atoms. The molecule has 4 heteroatoms. The molecule has 1 aliphatic rings. The number of halogens is 1. The highest BCUT2D eigenvalue weighted by Crippen LogP contribution is 2.29. The quantitative estimate of drug-likeness (QED) is 0.909. The lowest BCUT2D eigenvalue weighted by Gasteiger charge is -2.32. The van der Waals surface area contributed by atoms with E-state index in [2.05, 4.69) is 34.1 Å². The summed E-state index contributed by atoms with van der Waals surface area (Å²) in [6.07, 6.45) is 2.06. The third kappa shape index (κ3) is 3.07. The number of carbonyl (C=O) groups is 1. The fraction of sp³-hybridized carbons (Fsp3) is 0.462. The summed E-state index contributed by atoms with van der Waals surface area (Å²) in [6.45, 7) is 1.78. The van der Waals surface area contributed by atoms with Crippen molar-refractivity contribution in [2.24, 2.45) is 5.73 Å². The van der Waals surface area contributed by atoms with Gasteiger partial charge in [-0.05, 0) is 36.5 Å². The molecule has 1 aromatic rings. The van der Waals surface area contributed by atoms with Crippen molar-refractivity contribution in [3.63, 3.8) is 0 Å². The van der Waals surface area contributed by atoms with Crippen LogP contribution in [0, 0.1) is 0 Å². The van der Waals surface area contributed by atoms with Gasteiger partial charge in [0.15, 0.2) is 0 Å². The number of likely N-dealkylation sites (tertiary alicyclic amines) is 1. The zero-order valence-corrected chi connectivity index (χ0v) is 11.3. The van der Waals surface area contributed by atoms with Crippen LogP contribution in [0.15, 0.2) is 28.7 Å². The van der Waals surface area contributed by atoms with E-state index in [-0.39, 0.29) is 12.5 Å². The van der Waals surface area contributed by atoms with Gasteiger partial charge < -0.3 is 10.6 Å². The van der Waals surface area contributed by atoms with Gasteiger partial charge in [-0.25, -0.2) is 0 Å². The molecule has 2 rings (SSSR count). The monoisotopic (exact) mass is 296 g/mol. The minimum atomic E-state index is 0.0673. The Kier molecular flexibility index (Phi) is 4.18. The fourth-order valence-corrected chi connectivity index (χ4v) is 2.77. The van der Waals surface area contributed by atoms with Crippen LogP contribution >= 0.6 is 15.9 Å². The summed E-state index contributed by atoms with van der Waals surface area (Å²) in [6, 6.07) is 8.44. The molecule has 0 aliphatic carbocycles. The molecule has 3 nitrogen and oxygen atoms in total. The van der Waals surface area contributed by atoms with Crippen LogP contribution in [0.5, 0.6) is 0 Å². The van der Waals surface area contributed by atoms with Gasteiger partial charge in [0, 0.05) is 17.6 Å². The van der Waals surface area contributed by atoms with Gasteiger partial charge in [0.25, 0.3) is 0 Å². The highest BCUT2D eigenvalue weighted by atomic mass is 79.9. The van der Waals surface area contributed by atoms with Crippen molar-refractivity contribution in [1.29, 1.82) is 0 Å². The fourth-order valence-electron chi connectivity index (χ4n) is 2.35. The van der Waals surface area contributed by atoms with E-state index in [9.17, 15) is 4.79 Å². The lowest BCUT2D eigenvalue weighted by Crippen LogP contribution is -2.41. The summed E-state index contributed by atoms with van der Waals surface area (Å²) >= 11 is 3.49. The number of hydrogen-bond acceptors (Lipinski definition) is 2. The molecule has 1 aromatic carbocycles. The van der Waals surface area contributed by atoms with Gasteiger partial charge in [-0.2, -0.15) is 0 Å². The molecule has 0 aromatic heterocycles. The molecule has 0 atom stereocenters. The number of nitrogens with zero attached hydrogens (tertiary/aromatic N) is 1. The SMILES string of the molecule is NCC(=O)N1CCC(c2cccc(Br)c2)CC1. The van der Waals surface area contributed by atoms with E-state index < -0.39 is 0 Å². The lowest BCUT2D eigenvalue weighted by atomic mass is 9.89. The van der Waals surface area contributed by atoms with Gasteiger partial charge in [0.05, 0.1) is 6.54 Å². The second-order valence-corrected chi connectivity index (χ2v) is 5.33. The Morgan fingerprint density at radius 1 is 1.41 bits per heavy atom. The average Bonchev–Trinajstić information content (AvgIpc) is 2.38. The second kappa shape index (κ2) is 5.65. The van der Waals surface area contributed by atoms with Crippen molar-refractivity contribution in [3.05, 3.63) is 34.3 Å². The van der Waals surface area contributed by atoms with Crippen LogP contribution in [0.1, 0.15) is 24.3 Å². The van der Waals surface area contributed by atoms with Crippen molar-refractivity contribution in [1.82, 2.24) is 4.90 Å². The van der Waals surface area contributed by atoms with E-state index in [4.69, 9.17) is 5.73 Å². The van der Waals surface area contributed by atoms with Gasteiger partial charge in [-0.1, -0.05) is 28.1 Å². The first kappa shape index (κ1) is 12.6. The van der Waals surface area contributed by atoms with Crippen LogP contribution < -0.4 is 5.73 Å². The van der Waals surface area contributed by atoms with Crippen molar-refractivity contribution < 1.29 is 4.79 Å². The van der Waals surface area contributed by atoms with Crippen molar-refractivity contribution >= 4 is 21.8 Å². The number of rotatable bonds is 2. The summed E-state index contributed by atoms with van der Waals surface area (Å²) in [4.78, 5) is 13.3. The number of hydrogen-bond donors (Lipinski definition) is 1. The normalized spacial score (nSPS) is 17.2. The van der Waals surface area contributed by atoms with Crippen LogP contribution in [0.2, 0.25) is 0 Å². The second-order valence-electron chi connectivity index (χ2n) is 4.41. The number of amides is 1. The van der Waals surface area contributed by atoms with Crippen molar-refractivity contribution in [3.8, 4) is 0 Å². The topological polar surface area (TPSA) is 46.3 Å². The predicted molar refractivity (Wildman–Crippen MR) is 71.8 cm³/mol. The molecule has 0 saturated carbocycles. The molecule has 0 bridgehead atoms. The Morgan fingerprint density at radius 3 is 2.71 bits per heavy atom. The Balaban J connectivity index is 1.97. The molecular formula is C13H17BrN2O. The van der Waals surface area contributed by atoms with E-state index >= 15 is 0 Å². The van der Waals surface area contributed by atoms with Crippen LogP contribution in [0.3, 0.4) is 0 Å². The highest BCUT2D eigenvalue weighted by Gasteiger charge is 2.22. The first-order chi connectivity index (χ1) is 8.20. The molecule has 2 N–H and O–H groups in total. The summed E-state index contributed by atoms with van der Waals surface area (Å²) in [5, 5.41) is 0. The molecule has 1 saturated heterocycles. The van der Waals surface area contributed by atoms with Gasteiger partial charge in [-0.15, -0.1) is 0 Å². The molecule has 0 radical (unpaired) electrons. The Labute approximate surface area is 110 Å². The first-order valence-corrected chi connectivity index (χ1v) is 6.73. The predicted octanol–water partition coefficient (Wildman–Crippen LogP) is 2.11. The molecule has 1 heterocycles. The molecule has 17 heavy (non-hydrogen) atoms. The van der Waals surface area contributed by atoms with Gasteiger partial charge in [0.2, 0.25) is 5.91 Å². The molecule has 1 fully saturated rings. The van der Waals surface area contributed by atoms with E-state index in [1.54, 1.807) is 0 Å². The van der Waals surface area contributed by atoms with Crippen LogP contribution in [-0.2, 0) is 4.79 Å². The minimum absolute atomic E-state index is 0.0673. The summed E-state index contributed by atoms with van der Waals surface area (Å²) in [5.74, 6) is 0.631. The molecule has 0 unspecified atom stereocenters. The van der Waals surface area contributed by atoms with E-state index in [0.717, 1.165) is 30.4 Å². The first-order valence-electron chi connectivity index (χ1n) is 5.94. The van der Waals surface area contributed by atoms with Crippen LogP contribution in [0.25, 0.3) is 0 Å². The maximum absolute atomic E-state index is 11.5. The van der Waals surface area contributed by atoms with E-state index in [1.807, 2.05) is 11.0 Å². The number of benzene rings is 1. The Bertz CT molecular complexity index is 400. The standard InChI is InChI=1S/C13H17BrN2O/c14-12-3-1-2-11(8-12)10-4-6-16(7-5-10)13(17)9-15/h1-3,8,10H,4-7,9,15H2. The maximum atomic E-state index is 11.5. The zero-order valence-electron chi connectivity index (χ0n) is 9.73. The van der Waals surface area contributed by atoms with E-state index in [1.165, 1.54) is 5.56 Å². The van der Waals surface area contributed by atoms with Gasteiger partial charge in [-0.3, -0.25) is 4.79 Å². The number of nitrogens with two attached hydrogens (primary N) is 1. The van der Waals surface area contributed by atoms with E-state index in [0.29, 0.717) is 5.92 Å². The summed E-state index contributed by atoms with van der Waals surface area (Å²) in [7, 11) is 0. The smallest absolute Gasteiger partial charge is 0.236 e. The maximum Gasteiger partial charge on any atom is 0.236 e. The number of carbonyl (C=O) groups excluding carboxylic acids is 1. The lowest BCUT2D eigenvalue weighted by molar-refractivity contribution is -0.130. The summed E-state index contributed by atoms with van der Waals surface area (Å²) in [5.41, 5.74) is 6.73. The largest absolute Gasteiger partial charge is 0.342 e. The molecule has 92 valence electrons. The Hall–Kier alpha value is -0.870. The van der Waals surface area contributed by atoms with Crippen LogP contribution in [0.4, 0.5) is 0 Å². The average molecular weight is 297 g/mol. The Morgan fingerprint density at radius 2 is 2.12 bits per heavy atom. The van der Waals surface area contributed by atoms with Gasteiger partial charge in [0.1, 0.15) is 0 Å². The van der Waals surface area contributed by atoms with Gasteiger partial charge >= 0.3 is 0 Å². The summed E-state index contributed by atoms with van der Waals surface area (Å²) < 4.78 is 1.12. The molecular weight excluding hydrogens is 280 g/mol. The third-order valence-corrected chi connectivity index (χ3v) is 3.84. The highest BCUT2D eigenvalue weighted by molar-refractivity contribution is 9.10. The molecule has 1 aliphatic heterocycles. The van der Waals surface area contributed by atoms with Crippen LogP contribution in [-0.4, -0.2) is 30.4 Å². The molecule has 1 amide bonds. The number of piperidine rings is 1. The third-order valence-electron chi connectivity index (χ3n) is 3.34. The van der Waals surface area contributed by atoms with Crippen molar-refractivity contribution in [2.45, 2.75) is 18.8 Å². The minimum Gasteiger partial charge on any atom is -0.342 e.